The summed E-state index contributed by atoms with van der Waals surface area (Å²) in [7, 11) is 0. The Labute approximate surface area is 265 Å². The number of carbonyl (C=O) groups excluding carboxylic acids is 6. The van der Waals surface area contributed by atoms with E-state index < -0.39 is 47.4 Å². The van der Waals surface area contributed by atoms with Crippen molar-refractivity contribution in [2.45, 2.75) is 52.1 Å². The molecule has 0 bridgehead atoms. The van der Waals surface area contributed by atoms with Crippen LogP contribution in [0.5, 0.6) is 0 Å². The number of carbonyl (C=O) groups is 6. The van der Waals surface area contributed by atoms with Crippen LogP contribution >= 0.6 is 0 Å². The van der Waals surface area contributed by atoms with E-state index in [9.17, 15) is 28.8 Å². The molecule has 0 radical (unpaired) electrons. The fraction of sp³-hybridized carbons (Fsp3) is 0.467. The van der Waals surface area contributed by atoms with Gasteiger partial charge >= 0.3 is 35.8 Å². The maximum atomic E-state index is 12.2. The molecule has 0 atom stereocenters. The van der Waals surface area contributed by atoms with E-state index in [-0.39, 0.29) is 50.7 Å². The molecule has 2 saturated heterocycles. The van der Waals surface area contributed by atoms with E-state index in [1.807, 2.05) is 6.07 Å². The zero-order chi connectivity index (χ0) is 34.3. The number of allylic oxidation sites excluding steroid dienone is 4. The van der Waals surface area contributed by atoms with E-state index in [0.29, 0.717) is 12.8 Å². The van der Waals surface area contributed by atoms with Crippen LogP contribution in [0.3, 0.4) is 0 Å². The first-order chi connectivity index (χ1) is 21.7. The van der Waals surface area contributed by atoms with Crippen molar-refractivity contribution in [2.24, 2.45) is 0 Å². The van der Waals surface area contributed by atoms with Crippen LogP contribution < -0.4 is 0 Å². The number of ether oxygens (including phenoxy) is 6. The van der Waals surface area contributed by atoms with Crippen molar-refractivity contribution < 1.29 is 57.2 Å². The highest BCUT2D eigenvalue weighted by molar-refractivity contribution is 6.16. The summed E-state index contributed by atoms with van der Waals surface area (Å²) in [5, 5.41) is 9.03. The topological polar surface area (TPSA) is 192 Å². The van der Waals surface area contributed by atoms with E-state index in [1.54, 1.807) is 0 Å². The highest BCUT2D eigenvalue weighted by atomic mass is 16.7. The van der Waals surface area contributed by atoms with E-state index in [0.717, 1.165) is 12.2 Å². The zero-order valence-corrected chi connectivity index (χ0v) is 25.8. The maximum Gasteiger partial charge on any atom is 0.348 e. The van der Waals surface area contributed by atoms with E-state index in [4.69, 9.17) is 40.3 Å². The molecule has 16 nitrogen and oxygen atoms in total. The van der Waals surface area contributed by atoms with Crippen LogP contribution in [-0.4, -0.2) is 96.7 Å². The van der Waals surface area contributed by atoms with Gasteiger partial charge in [-0.15, -0.1) is 0 Å². The lowest BCUT2D eigenvalue weighted by Gasteiger charge is -2.29. The molecule has 2 aliphatic rings. The summed E-state index contributed by atoms with van der Waals surface area (Å²) in [6.07, 6.45) is 8.31. The van der Waals surface area contributed by atoms with Crippen molar-refractivity contribution in [1.29, 1.82) is 5.26 Å². The first-order valence-corrected chi connectivity index (χ1v) is 13.9. The van der Waals surface area contributed by atoms with Gasteiger partial charge in [0.15, 0.2) is 0 Å². The molecule has 2 heterocycles. The molecular formula is C30H34N4O12. The lowest BCUT2D eigenvalue weighted by atomic mass is 10.2. The molecule has 46 heavy (non-hydrogen) atoms. The first kappa shape index (κ1) is 36.6. The molecule has 0 amide bonds. The first-order valence-electron chi connectivity index (χ1n) is 13.9. The molecule has 0 aromatic rings. The summed E-state index contributed by atoms with van der Waals surface area (Å²) in [4.78, 5) is 78.2. The van der Waals surface area contributed by atoms with Gasteiger partial charge < -0.3 is 38.2 Å². The Morgan fingerprint density at radius 3 is 1.57 bits per heavy atom. The molecule has 0 N–H and O–H groups in total. The van der Waals surface area contributed by atoms with Crippen LogP contribution in [0.15, 0.2) is 47.9 Å². The summed E-state index contributed by atoms with van der Waals surface area (Å²) >= 11 is 0. The average Bonchev–Trinajstić information content (AvgIpc) is 2.92. The van der Waals surface area contributed by atoms with E-state index in [1.165, 1.54) is 62.0 Å². The fourth-order valence-corrected chi connectivity index (χ4v) is 3.61. The Kier molecular flexibility index (Phi) is 13.5. The van der Waals surface area contributed by atoms with Crippen LogP contribution in [0.4, 0.5) is 0 Å². The number of hydrogen-bond donors (Lipinski definition) is 0. The van der Waals surface area contributed by atoms with Crippen LogP contribution in [0.1, 0.15) is 40.5 Å². The second-order valence-corrected chi connectivity index (χ2v) is 10.5. The predicted molar refractivity (Wildman–Crippen MR) is 153 cm³/mol. The number of esters is 6. The molecule has 0 aromatic carbocycles. The summed E-state index contributed by atoms with van der Waals surface area (Å²) in [5.74, 6) is -7.48. The molecule has 0 saturated carbocycles. The SMILES string of the molecule is [C-]#[N+]CN(C=CC=C1C(=O)OC(C)(C)OC1=O)CC(=O)OCCCCOC(=O)CN(C=CC=C1C(=O)OC(C)(C)OC1=O)CC#N. The average molecular weight is 643 g/mol. The van der Waals surface area contributed by atoms with Gasteiger partial charge in [-0.2, -0.15) is 5.26 Å². The molecule has 16 heteroatoms. The van der Waals surface area contributed by atoms with Crippen molar-refractivity contribution >= 4 is 35.8 Å². The molecule has 2 fully saturated rings. The Bertz CT molecular complexity index is 1260. The molecule has 0 aromatic heterocycles. The van der Waals surface area contributed by atoms with Gasteiger partial charge in [0.2, 0.25) is 0 Å². The summed E-state index contributed by atoms with van der Waals surface area (Å²) in [6.45, 7) is 11.8. The van der Waals surface area contributed by atoms with Gasteiger partial charge in [0.25, 0.3) is 18.2 Å². The molecular weight excluding hydrogens is 608 g/mol. The zero-order valence-electron chi connectivity index (χ0n) is 25.8. The van der Waals surface area contributed by atoms with E-state index >= 15 is 0 Å². The van der Waals surface area contributed by atoms with E-state index in [2.05, 4.69) is 4.85 Å². The van der Waals surface area contributed by atoms with Crippen LogP contribution in [0.2, 0.25) is 0 Å². The van der Waals surface area contributed by atoms with Gasteiger partial charge in [-0.3, -0.25) is 14.4 Å². The minimum atomic E-state index is -1.38. The molecule has 0 spiro atoms. The molecule has 2 rings (SSSR count). The second kappa shape index (κ2) is 17.0. The van der Waals surface area contributed by atoms with Gasteiger partial charge in [0.1, 0.15) is 30.8 Å². The molecule has 246 valence electrons. The summed E-state index contributed by atoms with van der Waals surface area (Å²) in [5.41, 5.74) is -0.682. The minimum Gasteiger partial charge on any atom is -0.464 e. The van der Waals surface area contributed by atoms with Crippen molar-refractivity contribution in [3.8, 4) is 6.07 Å². The molecule has 0 unspecified atom stereocenters. The number of cyclic esters (lactones) is 4. The highest BCUT2D eigenvalue weighted by Crippen LogP contribution is 2.23. The van der Waals surface area contributed by atoms with Crippen molar-refractivity contribution in [3.63, 3.8) is 0 Å². The van der Waals surface area contributed by atoms with Crippen LogP contribution in [0, 0.1) is 17.9 Å². The third kappa shape index (κ3) is 12.5. The minimum absolute atomic E-state index is 0.0152. The largest absolute Gasteiger partial charge is 0.464 e. The normalized spacial score (nSPS) is 16.7. The number of unbranched alkanes of at least 4 members (excludes halogenated alkanes) is 1. The third-order valence-corrected chi connectivity index (χ3v) is 5.61. The van der Waals surface area contributed by atoms with Crippen molar-refractivity contribution in [1.82, 2.24) is 9.80 Å². The fourth-order valence-electron chi connectivity index (χ4n) is 3.61. The van der Waals surface area contributed by atoms with Crippen LogP contribution in [-0.2, 0) is 57.2 Å². The Morgan fingerprint density at radius 2 is 1.17 bits per heavy atom. The van der Waals surface area contributed by atoms with Gasteiger partial charge in [0.05, 0.1) is 19.3 Å². The van der Waals surface area contributed by atoms with Crippen molar-refractivity contribution in [2.75, 3.05) is 39.5 Å². The van der Waals surface area contributed by atoms with Gasteiger partial charge in [-0.05, 0) is 37.1 Å². The smallest absolute Gasteiger partial charge is 0.348 e. The third-order valence-electron chi connectivity index (χ3n) is 5.61. The highest BCUT2D eigenvalue weighted by Gasteiger charge is 2.39. The number of nitrogens with zero attached hydrogens (tertiary/aromatic N) is 4. The number of hydrogen-bond acceptors (Lipinski definition) is 15. The lowest BCUT2D eigenvalue weighted by molar-refractivity contribution is -0.224. The quantitative estimate of drug-likeness (QED) is 0.0473. The monoisotopic (exact) mass is 642 g/mol. The second-order valence-electron chi connectivity index (χ2n) is 10.5. The predicted octanol–water partition coefficient (Wildman–Crippen LogP) is 1.41. The van der Waals surface area contributed by atoms with Gasteiger partial charge in [0, 0.05) is 40.1 Å². The number of rotatable bonds is 15. The number of nitriles is 1. The molecule has 2 aliphatic heterocycles. The van der Waals surface area contributed by atoms with Crippen molar-refractivity contribution in [3.05, 3.63) is 59.3 Å². The maximum absolute atomic E-state index is 12.2. The van der Waals surface area contributed by atoms with Gasteiger partial charge in [-0.1, -0.05) is 0 Å². The Morgan fingerprint density at radius 1 is 0.783 bits per heavy atom. The van der Waals surface area contributed by atoms with Gasteiger partial charge in [-0.25, -0.2) is 25.8 Å². The standard InChI is InChI=1S/C30H34N4O12/c1-29(2)43-25(37)21(26(38)44-29)10-8-13-33(15-12-31)18-23(35)41-16-6-7-17-42-24(36)19-34(20-32-5)14-9-11-22-27(39)45-30(3,4)46-28(22)40/h8-11,13-14H,6-7,15-20H2,1-4H3. The van der Waals surface area contributed by atoms with Crippen LogP contribution in [0.25, 0.3) is 4.85 Å². The molecule has 0 aliphatic carbocycles. The summed E-state index contributed by atoms with van der Waals surface area (Å²) < 4.78 is 30.3. The Balaban J connectivity index is 1.72. The summed E-state index contributed by atoms with van der Waals surface area (Å²) in [6, 6.07) is 1.89. The lowest BCUT2D eigenvalue weighted by Crippen LogP contribution is -2.41. The Hall–Kier alpha value is -5.64.